The van der Waals surface area contributed by atoms with Gasteiger partial charge in [0, 0.05) is 10.4 Å². The Bertz CT molecular complexity index is 1470. The van der Waals surface area contributed by atoms with Crippen molar-refractivity contribution in [3.8, 4) is 5.75 Å². The molecule has 7 nitrogen and oxygen atoms in total. The minimum atomic E-state index is -0.786. The first-order valence-electron chi connectivity index (χ1n) is 11.0. The predicted octanol–water partition coefficient (Wildman–Crippen LogP) is 4.15. The topological polar surface area (TPSA) is 96.6 Å². The Balaban J connectivity index is 1.40. The quantitative estimate of drug-likeness (QED) is 0.353. The van der Waals surface area contributed by atoms with E-state index in [1.165, 1.54) is 22.0 Å². The van der Waals surface area contributed by atoms with Gasteiger partial charge in [0.15, 0.2) is 0 Å². The maximum atomic E-state index is 13.3. The van der Waals surface area contributed by atoms with E-state index in [2.05, 4.69) is 22.4 Å². The number of phenolic OH excluding ortho intramolecular Hbond substituents is 1. The Labute approximate surface area is 194 Å². The van der Waals surface area contributed by atoms with Gasteiger partial charge in [-0.25, -0.2) is 10.4 Å². The van der Waals surface area contributed by atoms with Crippen LogP contribution >= 0.6 is 11.3 Å². The molecule has 33 heavy (non-hydrogen) atoms. The van der Waals surface area contributed by atoms with Gasteiger partial charge in [-0.3, -0.25) is 14.2 Å². The number of carbonyl (C=O) groups excluding carboxylic acids is 1. The number of rotatable bonds is 4. The van der Waals surface area contributed by atoms with Crippen LogP contribution in [0.5, 0.6) is 5.75 Å². The zero-order valence-corrected chi connectivity index (χ0v) is 19.2. The Kier molecular flexibility index (Phi) is 5.46. The first-order chi connectivity index (χ1) is 15.9. The lowest BCUT2D eigenvalue weighted by atomic mass is 9.89. The molecular formula is C25H24N4O3S. The highest BCUT2D eigenvalue weighted by Crippen LogP contribution is 2.35. The van der Waals surface area contributed by atoms with Gasteiger partial charge in [-0.1, -0.05) is 37.3 Å². The standard InChI is InChI=1S/C25H24N4O3S/c1-14-7-9-18-21(11-14)33-24-22(18)25(32)29(13-26-24)15(2)23(31)28-27-12-19-17-6-4-3-5-16(17)8-10-20(19)30/h3-6,8,10,12-15,30H,7,9,11H2,1-2H3,(H,28,31). The number of fused-ring (bicyclic) bond motifs is 4. The second-order valence-electron chi connectivity index (χ2n) is 8.62. The summed E-state index contributed by atoms with van der Waals surface area (Å²) in [5.74, 6) is 0.241. The van der Waals surface area contributed by atoms with Gasteiger partial charge in [-0.15, -0.1) is 11.3 Å². The lowest BCUT2D eigenvalue weighted by Crippen LogP contribution is -2.34. The first kappa shape index (κ1) is 21.3. The number of hydrogen-bond donors (Lipinski definition) is 2. The molecule has 0 aliphatic heterocycles. The van der Waals surface area contributed by atoms with Crippen molar-refractivity contribution in [3.05, 3.63) is 69.1 Å². The van der Waals surface area contributed by atoms with Gasteiger partial charge in [0.25, 0.3) is 11.5 Å². The van der Waals surface area contributed by atoms with E-state index in [0.29, 0.717) is 16.9 Å². The molecule has 2 unspecified atom stereocenters. The number of hydrogen-bond acceptors (Lipinski definition) is 6. The zero-order valence-electron chi connectivity index (χ0n) is 18.4. The SMILES string of the molecule is CC1CCc2c(sc3ncn(C(C)C(=O)NN=Cc4c(O)ccc5ccccc45)c(=O)c23)C1. The van der Waals surface area contributed by atoms with Crippen LogP contribution in [-0.4, -0.2) is 26.8 Å². The van der Waals surface area contributed by atoms with E-state index in [1.54, 1.807) is 24.3 Å². The highest BCUT2D eigenvalue weighted by atomic mass is 32.1. The Morgan fingerprint density at radius 3 is 3.00 bits per heavy atom. The molecule has 0 saturated heterocycles. The van der Waals surface area contributed by atoms with Crippen LogP contribution in [0.1, 0.15) is 42.3 Å². The molecule has 1 amide bonds. The van der Waals surface area contributed by atoms with Crippen molar-refractivity contribution in [3.63, 3.8) is 0 Å². The summed E-state index contributed by atoms with van der Waals surface area (Å²) in [5, 5.41) is 16.7. The summed E-state index contributed by atoms with van der Waals surface area (Å²) in [5.41, 5.74) is 3.91. The highest BCUT2D eigenvalue weighted by molar-refractivity contribution is 7.18. The van der Waals surface area contributed by atoms with E-state index in [-0.39, 0.29) is 11.3 Å². The fourth-order valence-corrected chi connectivity index (χ4v) is 5.76. The van der Waals surface area contributed by atoms with Gasteiger partial charge in [0.1, 0.15) is 16.6 Å². The van der Waals surface area contributed by atoms with Crippen molar-refractivity contribution in [2.24, 2.45) is 11.0 Å². The molecule has 0 bridgehead atoms. The summed E-state index contributed by atoms with van der Waals surface area (Å²) in [6.45, 7) is 3.88. The molecule has 2 N–H and O–H groups in total. The molecule has 0 fully saturated rings. The number of carbonyl (C=O) groups is 1. The second kappa shape index (κ2) is 8.44. The third kappa shape index (κ3) is 3.80. The van der Waals surface area contributed by atoms with Crippen LogP contribution < -0.4 is 11.0 Å². The molecule has 0 radical (unpaired) electrons. The molecule has 2 heterocycles. The van der Waals surface area contributed by atoms with Gasteiger partial charge in [0.2, 0.25) is 0 Å². The van der Waals surface area contributed by atoms with E-state index >= 15 is 0 Å². The molecule has 2 aromatic carbocycles. The molecule has 0 spiro atoms. The van der Waals surface area contributed by atoms with Gasteiger partial charge < -0.3 is 5.11 Å². The van der Waals surface area contributed by atoms with Crippen molar-refractivity contribution < 1.29 is 9.90 Å². The summed E-state index contributed by atoms with van der Waals surface area (Å²) in [7, 11) is 0. The number of phenols is 1. The number of aryl methyl sites for hydroxylation is 1. The Morgan fingerprint density at radius 1 is 1.33 bits per heavy atom. The number of nitrogens with one attached hydrogen (secondary N) is 1. The summed E-state index contributed by atoms with van der Waals surface area (Å²) in [6, 6.07) is 10.2. The molecule has 168 valence electrons. The van der Waals surface area contributed by atoms with E-state index in [0.717, 1.165) is 40.4 Å². The normalized spacial score (nSPS) is 16.8. The molecule has 8 heteroatoms. The van der Waals surface area contributed by atoms with Crippen LogP contribution in [0.15, 0.2) is 52.6 Å². The van der Waals surface area contributed by atoms with Crippen LogP contribution in [0.4, 0.5) is 0 Å². The van der Waals surface area contributed by atoms with Crippen molar-refractivity contribution >= 4 is 44.4 Å². The third-order valence-electron chi connectivity index (χ3n) is 6.35. The van der Waals surface area contributed by atoms with E-state index in [9.17, 15) is 14.7 Å². The van der Waals surface area contributed by atoms with Gasteiger partial charge in [-0.2, -0.15) is 5.10 Å². The number of nitrogens with zero attached hydrogens (tertiary/aromatic N) is 3. The van der Waals surface area contributed by atoms with E-state index in [4.69, 9.17) is 0 Å². The average Bonchev–Trinajstić information content (AvgIpc) is 3.18. The summed E-state index contributed by atoms with van der Waals surface area (Å²) in [4.78, 5) is 32.5. The van der Waals surface area contributed by atoms with Crippen LogP contribution in [0, 0.1) is 5.92 Å². The van der Waals surface area contributed by atoms with Crippen molar-refractivity contribution in [2.75, 3.05) is 0 Å². The van der Waals surface area contributed by atoms with Crippen LogP contribution in [0.25, 0.3) is 21.0 Å². The predicted molar refractivity (Wildman–Crippen MR) is 131 cm³/mol. The number of aromatic nitrogens is 2. The van der Waals surface area contributed by atoms with Crippen LogP contribution in [0.3, 0.4) is 0 Å². The molecule has 4 aromatic rings. The van der Waals surface area contributed by atoms with Crippen molar-refractivity contribution in [1.82, 2.24) is 15.0 Å². The zero-order chi connectivity index (χ0) is 23.1. The summed E-state index contributed by atoms with van der Waals surface area (Å²) >= 11 is 1.59. The number of aromatic hydroxyl groups is 1. The maximum absolute atomic E-state index is 13.3. The number of benzene rings is 2. The first-order valence-corrected chi connectivity index (χ1v) is 11.8. The highest BCUT2D eigenvalue weighted by Gasteiger charge is 2.25. The molecule has 2 aromatic heterocycles. The molecule has 0 saturated carbocycles. The Hall–Kier alpha value is -3.52. The van der Waals surface area contributed by atoms with Gasteiger partial charge in [-0.05, 0) is 54.5 Å². The second-order valence-corrected chi connectivity index (χ2v) is 9.70. The van der Waals surface area contributed by atoms with E-state index < -0.39 is 11.9 Å². The van der Waals surface area contributed by atoms with E-state index in [1.807, 2.05) is 30.3 Å². The number of amides is 1. The summed E-state index contributed by atoms with van der Waals surface area (Å²) in [6.07, 6.45) is 5.76. The lowest BCUT2D eigenvalue weighted by molar-refractivity contribution is -0.123. The van der Waals surface area contributed by atoms with Crippen molar-refractivity contribution in [2.45, 2.75) is 39.2 Å². The molecular weight excluding hydrogens is 436 g/mol. The van der Waals surface area contributed by atoms with Crippen molar-refractivity contribution in [1.29, 1.82) is 0 Å². The van der Waals surface area contributed by atoms with Crippen LogP contribution in [0.2, 0.25) is 0 Å². The fourth-order valence-electron chi connectivity index (χ4n) is 4.42. The lowest BCUT2D eigenvalue weighted by Gasteiger charge is -2.18. The largest absolute Gasteiger partial charge is 0.507 e. The van der Waals surface area contributed by atoms with Gasteiger partial charge in [0.05, 0.1) is 17.9 Å². The maximum Gasteiger partial charge on any atom is 0.263 e. The molecule has 1 aliphatic rings. The minimum Gasteiger partial charge on any atom is -0.507 e. The number of hydrazone groups is 1. The summed E-state index contributed by atoms with van der Waals surface area (Å²) < 4.78 is 1.37. The molecule has 1 aliphatic carbocycles. The average molecular weight is 461 g/mol. The Morgan fingerprint density at radius 2 is 2.15 bits per heavy atom. The third-order valence-corrected chi connectivity index (χ3v) is 7.52. The smallest absolute Gasteiger partial charge is 0.263 e. The van der Waals surface area contributed by atoms with Crippen LogP contribution in [-0.2, 0) is 17.6 Å². The molecule has 5 rings (SSSR count). The van der Waals surface area contributed by atoms with Gasteiger partial charge >= 0.3 is 0 Å². The fraction of sp³-hybridized carbons (Fsp3) is 0.280. The molecule has 2 atom stereocenters. The number of thiophene rings is 1. The minimum absolute atomic E-state index is 0.0715. The monoisotopic (exact) mass is 460 g/mol.